The number of aliphatic hydroxyl groups excluding tert-OH is 3. The van der Waals surface area contributed by atoms with Crippen molar-refractivity contribution in [1.82, 2.24) is 5.32 Å². The Morgan fingerprint density at radius 3 is 2.36 bits per heavy atom. The zero-order valence-corrected chi connectivity index (χ0v) is 6.06. The van der Waals surface area contributed by atoms with Crippen LogP contribution in [0.25, 0.3) is 0 Å². The molecule has 0 spiro atoms. The van der Waals surface area contributed by atoms with Gasteiger partial charge in [-0.1, -0.05) is 0 Å². The lowest BCUT2D eigenvalue weighted by Gasteiger charge is -2.33. The molecular weight excluding hydrogens is 150 g/mol. The van der Waals surface area contributed by atoms with E-state index in [1.807, 2.05) is 0 Å². The molecule has 1 heterocycles. The average Bonchev–Trinajstić information content (AvgIpc) is 1.97. The van der Waals surface area contributed by atoms with Crippen molar-refractivity contribution in [3.8, 4) is 0 Å². The summed E-state index contributed by atoms with van der Waals surface area (Å²) in [6, 6.07) is -0.513. The van der Waals surface area contributed by atoms with Crippen molar-refractivity contribution in [1.29, 1.82) is 0 Å². The van der Waals surface area contributed by atoms with Gasteiger partial charge in [0.1, 0.15) is 12.2 Å². The molecule has 1 aliphatic rings. The first-order chi connectivity index (χ1) is 5.04. The van der Waals surface area contributed by atoms with E-state index < -0.39 is 30.3 Å². The summed E-state index contributed by atoms with van der Waals surface area (Å²) < 4.78 is 0. The van der Waals surface area contributed by atoms with Gasteiger partial charge in [0.15, 0.2) is 6.10 Å². The Labute approximate surface area is 63.7 Å². The van der Waals surface area contributed by atoms with Crippen LogP contribution in [0.2, 0.25) is 0 Å². The normalized spacial score (nSPS) is 45.3. The van der Waals surface area contributed by atoms with Crippen LogP contribution >= 0.6 is 0 Å². The van der Waals surface area contributed by atoms with Crippen LogP contribution in [0.3, 0.4) is 0 Å². The quantitative estimate of drug-likeness (QED) is 0.318. The second-order valence-corrected chi connectivity index (χ2v) is 2.72. The van der Waals surface area contributed by atoms with E-state index in [2.05, 4.69) is 5.32 Å². The van der Waals surface area contributed by atoms with Gasteiger partial charge in [-0.05, 0) is 6.92 Å². The third-order valence-electron chi connectivity index (χ3n) is 1.82. The monoisotopic (exact) mass is 161 g/mol. The Morgan fingerprint density at radius 2 is 1.82 bits per heavy atom. The third-order valence-corrected chi connectivity index (χ3v) is 1.82. The second kappa shape index (κ2) is 2.77. The van der Waals surface area contributed by atoms with Gasteiger partial charge in [-0.2, -0.15) is 0 Å². The summed E-state index contributed by atoms with van der Waals surface area (Å²) in [7, 11) is 0. The van der Waals surface area contributed by atoms with Crippen LogP contribution in [0.4, 0.5) is 0 Å². The van der Waals surface area contributed by atoms with Crippen molar-refractivity contribution < 1.29 is 20.1 Å². The maximum Gasteiger partial charge on any atom is 0.251 e. The van der Waals surface area contributed by atoms with Gasteiger partial charge < -0.3 is 20.6 Å². The maximum absolute atomic E-state index is 10.7. The molecule has 1 rings (SSSR count). The molecule has 0 aromatic heterocycles. The number of nitrogens with one attached hydrogen (secondary N) is 1. The molecule has 0 radical (unpaired) electrons. The molecule has 1 aliphatic heterocycles. The molecule has 4 unspecified atom stereocenters. The summed E-state index contributed by atoms with van der Waals surface area (Å²) in [5.41, 5.74) is 0. The molecule has 4 atom stereocenters. The van der Waals surface area contributed by atoms with Crippen LogP contribution in [0, 0.1) is 0 Å². The number of piperidine rings is 1. The minimum atomic E-state index is -1.51. The lowest BCUT2D eigenvalue weighted by molar-refractivity contribution is -0.152. The van der Waals surface area contributed by atoms with Gasteiger partial charge >= 0.3 is 0 Å². The van der Waals surface area contributed by atoms with Gasteiger partial charge in [-0.15, -0.1) is 0 Å². The molecule has 5 heteroatoms. The Balaban J connectivity index is 2.70. The zero-order valence-electron chi connectivity index (χ0n) is 6.06. The Bertz CT molecular complexity index is 172. The fourth-order valence-electron chi connectivity index (χ4n) is 1.03. The van der Waals surface area contributed by atoms with E-state index in [-0.39, 0.29) is 0 Å². The molecule has 4 N–H and O–H groups in total. The van der Waals surface area contributed by atoms with Crippen LogP contribution in [-0.2, 0) is 4.79 Å². The van der Waals surface area contributed by atoms with E-state index in [0.717, 1.165) is 0 Å². The van der Waals surface area contributed by atoms with Crippen LogP contribution < -0.4 is 5.32 Å². The number of carbonyl (C=O) groups excluding carboxylic acids is 1. The fraction of sp³-hybridized carbons (Fsp3) is 0.833. The van der Waals surface area contributed by atoms with Crippen molar-refractivity contribution in [2.24, 2.45) is 0 Å². The number of rotatable bonds is 0. The van der Waals surface area contributed by atoms with Crippen molar-refractivity contribution in [2.75, 3.05) is 0 Å². The first kappa shape index (κ1) is 8.45. The molecule has 5 nitrogen and oxygen atoms in total. The molecule has 1 fully saturated rings. The molecule has 64 valence electrons. The molecular formula is C6H11NO4. The number of hydrogen-bond acceptors (Lipinski definition) is 4. The van der Waals surface area contributed by atoms with E-state index in [1.54, 1.807) is 6.92 Å². The van der Waals surface area contributed by atoms with Crippen LogP contribution in [0.5, 0.6) is 0 Å². The minimum Gasteiger partial charge on any atom is -0.388 e. The van der Waals surface area contributed by atoms with Gasteiger partial charge in [0.05, 0.1) is 6.04 Å². The molecule has 11 heavy (non-hydrogen) atoms. The van der Waals surface area contributed by atoms with E-state index >= 15 is 0 Å². The molecule has 0 aromatic rings. The first-order valence-electron chi connectivity index (χ1n) is 3.38. The lowest BCUT2D eigenvalue weighted by Crippen LogP contribution is -2.61. The molecule has 1 saturated heterocycles. The zero-order chi connectivity index (χ0) is 8.59. The number of amides is 1. The summed E-state index contributed by atoms with van der Waals surface area (Å²) in [4.78, 5) is 10.7. The van der Waals surface area contributed by atoms with Gasteiger partial charge in [0.25, 0.3) is 5.91 Å². The van der Waals surface area contributed by atoms with Crippen LogP contribution in [-0.4, -0.2) is 45.6 Å². The molecule has 1 amide bonds. The highest BCUT2D eigenvalue weighted by Gasteiger charge is 2.39. The standard InChI is InChI=1S/C6H11NO4/c1-2-3(8)4(9)5(10)6(11)7-2/h2-5,8-10H,1H3,(H,7,11). The van der Waals surface area contributed by atoms with Gasteiger partial charge in [0, 0.05) is 0 Å². The van der Waals surface area contributed by atoms with Crippen LogP contribution in [0.1, 0.15) is 6.92 Å². The molecule has 0 saturated carbocycles. The number of hydrogen-bond donors (Lipinski definition) is 4. The average molecular weight is 161 g/mol. The highest BCUT2D eigenvalue weighted by molar-refractivity contribution is 5.82. The topological polar surface area (TPSA) is 89.8 Å². The van der Waals surface area contributed by atoms with Crippen molar-refractivity contribution in [3.05, 3.63) is 0 Å². The Kier molecular flexibility index (Phi) is 2.12. The summed E-state index contributed by atoms with van der Waals surface area (Å²) in [5, 5.41) is 29.4. The summed E-state index contributed by atoms with van der Waals surface area (Å²) in [5.74, 6) is -0.643. The van der Waals surface area contributed by atoms with Crippen molar-refractivity contribution in [3.63, 3.8) is 0 Å². The van der Waals surface area contributed by atoms with E-state index in [4.69, 9.17) is 15.3 Å². The summed E-state index contributed by atoms with van der Waals surface area (Å²) in [6.07, 6.45) is -3.98. The minimum absolute atomic E-state index is 0.513. The van der Waals surface area contributed by atoms with E-state index in [0.29, 0.717) is 0 Å². The highest BCUT2D eigenvalue weighted by atomic mass is 16.4. The smallest absolute Gasteiger partial charge is 0.251 e. The van der Waals surface area contributed by atoms with Crippen LogP contribution in [0.15, 0.2) is 0 Å². The van der Waals surface area contributed by atoms with Crippen molar-refractivity contribution >= 4 is 5.91 Å². The maximum atomic E-state index is 10.7. The largest absolute Gasteiger partial charge is 0.388 e. The van der Waals surface area contributed by atoms with E-state index in [9.17, 15) is 4.79 Å². The Hall–Kier alpha value is -0.650. The SMILES string of the molecule is CC1NC(=O)C(O)C(O)C1O. The second-order valence-electron chi connectivity index (χ2n) is 2.72. The molecule has 0 aromatic carbocycles. The predicted octanol–water partition coefficient (Wildman–Crippen LogP) is -2.41. The highest BCUT2D eigenvalue weighted by Crippen LogP contribution is 2.10. The lowest BCUT2D eigenvalue weighted by atomic mass is 9.97. The number of aliphatic hydroxyl groups is 3. The van der Waals surface area contributed by atoms with E-state index in [1.165, 1.54) is 0 Å². The van der Waals surface area contributed by atoms with Gasteiger partial charge in [-0.25, -0.2) is 0 Å². The molecule has 0 aliphatic carbocycles. The Morgan fingerprint density at radius 1 is 1.27 bits per heavy atom. The predicted molar refractivity (Wildman–Crippen MR) is 35.6 cm³/mol. The first-order valence-corrected chi connectivity index (χ1v) is 3.38. The fourth-order valence-corrected chi connectivity index (χ4v) is 1.03. The van der Waals surface area contributed by atoms with Crippen molar-refractivity contribution in [2.45, 2.75) is 31.3 Å². The summed E-state index contributed by atoms with van der Waals surface area (Å²) in [6.45, 7) is 1.55. The molecule has 0 bridgehead atoms. The third kappa shape index (κ3) is 1.35. The van der Waals surface area contributed by atoms with Gasteiger partial charge in [0.2, 0.25) is 0 Å². The number of carbonyl (C=O) groups is 1. The summed E-state index contributed by atoms with van der Waals surface area (Å²) >= 11 is 0. The van der Waals surface area contributed by atoms with Gasteiger partial charge in [-0.3, -0.25) is 4.79 Å².